The van der Waals surface area contributed by atoms with E-state index in [0.717, 1.165) is 28.1 Å². The highest BCUT2D eigenvalue weighted by Gasteiger charge is 2.59. The Hall–Kier alpha value is -2.17. The molecule has 9 heteroatoms. The van der Waals surface area contributed by atoms with Crippen molar-refractivity contribution in [2.75, 3.05) is 13.4 Å². The molecule has 5 atom stereocenters. The number of ether oxygens (including phenoxy) is 2. The van der Waals surface area contributed by atoms with Crippen LogP contribution in [0.25, 0.3) is 21.8 Å². The van der Waals surface area contributed by atoms with Crippen LogP contribution >= 0.6 is 11.8 Å². The van der Waals surface area contributed by atoms with Crippen molar-refractivity contribution in [2.24, 2.45) is 0 Å². The van der Waals surface area contributed by atoms with Crippen LogP contribution < -0.4 is 0 Å². The van der Waals surface area contributed by atoms with Crippen LogP contribution in [-0.4, -0.2) is 73.8 Å². The average molecular weight is 418 g/mol. The molecule has 1 aliphatic heterocycles. The van der Waals surface area contributed by atoms with E-state index in [2.05, 4.69) is 9.97 Å². The third kappa shape index (κ3) is 2.84. The zero-order chi connectivity index (χ0) is 20.9. The van der Waals surface area contributed by atoms with Gasteiger partial charge in [0.05, 0.1) is 11.6 Å². The average Bonchev–Trinajstić information content (AvgIpc) is 3.06. The summed E-state index contributed by atoms with van der Waals surface area (Å²) < 4.78 is 9.33. The number of aromatic hydroxyl groups is 1. The molecule has 29 heavy (non-hydrogen) atoms. The number of ketones is 1. The second-order valence-corrected chi connectivity index (χ2v) is 8.16. The largest absolute Gasteiger partial charge is 0.508 e. The van der Waals surface area contributed by atoms with Crippen molar-refractivity contribution in [1.82, 2.24) is 9.97 Å². The Morgan fingerprint density at radius 2 is 2.07 bits per heavy atom. The molecule has 2 aromatic heterocycles. The van der Waals surface area contributed by atoms with Crippen molar-refractivity contribution in [1.29, 1.82) is 0 Å². The first kappa shape index (κ1) is 20.1. The van der Waals surface area contributed by atoms with Gasteiger partial charge in [-0.15, -0.1) is 11.8 Å². The van der Waals surface area contributed by atoms with Crippen molar-refractivity contribution < 1.29 is 29.6 Å². The molecule has 0 aliphatic carbocycles. The monoisotopic (exact) mass is 418 g/mol. The molecule has 0 spiro atoms. The van der Waals surface area contributed by atoms with E-state index < -0.39 is 35.1 Å². The first-order valence-electron chi connectivity index (χ1n) is 9.09. The molecule has 4 N–H and O–H groups in total. The number of nitrogens with zero attached hydrogens (tertiary/aromatic N) is 1. The highest BCUT2D eigenvalue weighted by molar-refractivity contribution is 8.00. The van der Waals surface area contributed by atoms with Crippen LogP contribution in [0.5, 0.6) is 5.75 Å². The molecule has 0 saturated carbocycles. The Labute approximate surface area is 170 Å². The molecule has 154 valence electrons. The fourth-order valence-electron chi connectivity index (χ4n) is 4.14. The Morgan fingerprint density at radius 3 is 2.76 bits per heavy atom. The summed E-state index contributed by atoms with van der Waals surface area (Å²) in [5.41, 5.74) is 1.40. The number of rotatable bonds is 4. The van der Waals surface area contributed by atoms with Gasteiger partial charge < -0.3 is 29.8 Å². The number of carbonyl (C=O) groups is 1. The van der Waals surface area contributed by atoms with Crippen LogP contribution in [0.3, 0.4) is 0 Å². The predicted molar refractivity (Wildman–Crippen MR) is 109 cm³/mol. The normalized spacial score (nSPS) is 30.1. The number of pyridine rings is 1. The van der Waals surface area contributed by atoms with Crippen LogP contribution in [0.2, 0.25) is 0 Å². The van der Waals surface area contributed by atoms with E-state index in [1.54, 1.807) is 37.4 Å². The van der Waals surface area contributed by atoms with Crippen molar-refractivity contribution in [3.8, 4) is 5.75 Å². The summed E-state index contributed by atoms with van der Waals surface area (Å²) in [4.78, 5) is 21.3. The van der Waals surface area contributed by atoms with Gasteiger partial charge in [0.2, 0.25) is 5.78 Å². The Morgan fingerprint density at radius 1 is 1.31 bits per heavy atom. The number of aliphatic hydroxyl groups is 2. The number of hydrogen-bond donors (Lipinski definition) is 4. The molecular weight excluding hydrogens is 396 g/mol. The Kier molecular flexibility index (Phi) is 5.04. The van der Waals surface area contributed by atoms with Crippen molar-refractivity contribution in [3.05, 3.63) is 36.2 Å². The SMILES string of the molecule is COC1C(O)OC(C)C(SC)(C(=O)c2nccc3c2[nH]c2ccc(O)cc23)C1O. The van der Waals surface area contributed by atoms with E-state index in [1.807, 2.05) is 0 Å². The molecule has 1 fully saturated rings. The molecule has 3 heterocycles. The second-order valence-electron chi connectivity index (χ2n) is 7.08. The zero-order valence-corrected chi connectivity index (χ0v) is 16.9. The van der Waals surface area contributed by atoms with Gasteiger partial charge in [0.15, 0.2) is 6.29 Å². The highest BCUT2D eigenvalue weighted by atomic mass is 32.2. The van der Waals surface area contributed by atoms with Crippen molar-refractivity contribution in [2.45, 2.75) is 36.3 Å². The smallest absolute Gasteiger partial charge is 0.204 e. The number of phenols is 1. The van der Waals surface area contributed by atoms with Crippen molar-refractivity contribution >= 4 is 39.4 Å². The van der Waals surface area contributed by atoms with Gasteiger partial charge in [-0.2, -0.15) is 0 Å². The van der Waals surface area contributed by atoms with E-state index in [-0.39, 0.29) is 11.4 Å². The van der Waals surface area contributed by atoms with Gasteiger partial charge in [-0.3, -0.25) is 9.78 Å². The van der Waals surface area contributed by atoms with Crippen molar-refractivity contribution in [3.63, 3.8) is 0 Å². The lowest BCUT2D eigenvalue weighted by atomic mass is 9.83. The highest BCUT2D eigenvalue weighted by Crippen LogP contribution is 2.43. The van der Waals surface area contributed by atoms with E-state index in [1.165, 1.54) is 13.3 Å². The molecule has 1 aromatic carbocycles. The number of methoxy groups -OCH3 is 1. The fourth-order valence-corrected chi connectivity index (χ4v) is 5.19. The molecule has 1 saturated heterocycles. The number of nitrogens with one attached hydrogen (secondary N) is 1. The minimum atomic E-state index is -1.43. The standard InChI is InChI=1S/C20H22N2O6S/c1-9-20(29-3,18(25)16(27-2)19(26)28-9)17(24)15-14-11(6-7-21-15)12-8-10(23)4-5-13(12)22-14/h4-9,16,18-19,22-23,25-26H,1-3H3. The lowest BCUT2D eigenvalue weighted by Gasteiger charge is -2.48. The maximum atomic E-state index is 13.8. The van der Waals surface area contributed by atoms with Gasteiger partial charge in [-0.25, -0.2) is 0 Å². The lowest BCUT2D eigenvalue weighted by Crippen LogP contribution is -2.67. The molecule has 3 aromatic rings. The number of hydrogen-bond acceptors (Lipinski definition) is 8. The molecule has 0 amide bonds. The summed E-state index contributed by atoms with van der Waals surface area (Å²) in [6, 6.07) is 6.66. The number of aromatic amines is 1. The molecule has 1 aliphatic rings. The van der Waals surface area contributed by atoms with E-state index in [9.17, 15) is 20.1 Å². The van der Waals surface area contributed by atoms with Crippen LogP contribution in [0, 0.1) is 0 Å². The lowest BCUT2D eigenvalue weighted by molar-refractivity contribution is -0.255. The first-order chi connectivity index (χ1) is 13.8. The van der Waals surface area contributed by atoms with Gasteiger partial charge in [0.1, 0.15) is 28.4 Å². The maximum absolute atomic E-state index is 13.8. The van der Waals surface area contributed by atoms with Crippen LogP contribution in [-0.2, 0) is 9.47 Å². The molecule has 8 nitrogen and oxygen atoms in total. The van der Waals surface area contributed by atoms with Gasteiger partial charge >= 0.3 is 0 Å². The van der Waals surface area contributed by atoms with E-state index in [4.69, 9.17) is 9.47 Å². The quantitative estimate of drug-likeness (QED) is 0.473. The zero-order valence-electron chi connectivity index (χ0n) is 16.1. The third-order valence-electron chi connectivity index (χ3n) is 5.66. The number of fused-ring (bicyclic) bond motifs is 3. The Balaban J connectivity index is 1.90. The number of thioether (sulfide) groups is 1. The molecule has 0 bridgehead atoms. The summed E-state index contributed by atoms with van der Waals surface area (Å²) in [5, 5.41) is 32.5. The third-order valence-corrected chi connectivity index (χ3v) is 7.10. The summed E-state index contributed by atoms with van der Waals surface area (Å²) in [6.45, 7) is 1.64. The summed E-state index contributed by atoms with van der Waals surface area (Å²) >= 11 is 1.14. The molecule has 0 radical (unpaired) electrons. The first-order valence-corrected chi connectivity index (χ1v) is 10.3. The van der Waals surface area contributed by atoms with Gasteiger partial charge in [-0.1, -0.05) is 0 Å². The predicted octanol–water partition coefficient (Wildman–Crippen LogP) is 1.82. The fraction of sp³-hybridized carbons (Fsp3) is 0.400. The molecule has 5 unspecified atom stereocenters. The number of carbonyl (C=O) groups excluding carboxylic acids is 1. The van der Waals surface area contributed by atoms with Crippen LogP contribution in [0.1, 0.15) is 17.4 Å². The minimum absolute atomic E-state index is 0.116. The number of benzene rings is 1. The van der Waals surface area contributed by atoms with Gasteiger partial charge in [0, 0.05) is 29.6 Å². The second kappa shape index (κ2) is 7.26. The Bertz CT molecular complexity index is 1090. The van der Waals surface area contributed by atoms with Gasteiger partial charge in [0.25, 0.3) is 0 Å². The molecular formula is C20H22N2O6S. The number of aromatic nitrogens is 2. The van der Waals surface area contributed by atoms with E-state index >= 15 is 0 Å². The number of aliphatic hydroxyl groups excluding tert-OH is 2. The molecule has 4 rings (SSSR count). The number of Topliss-reactive ketones (excluding diaryl/α,β-unsaturated/α-hetero) is 1. The van der Waals surface area contributed by atoms with Crippen LogP contribution in [0.4, 0.5) is 0 Å². The maximum Gasteiger partial charge on any atom is 0.204 e. The van der Waals surface area contributed by atoms with Crippen LogP contribution in [0.15, 0.2) is 30.5 Å². The number of H-pyrrole nitrogens is 1. The minimum Gasteiger partial charge on any atom is -0.508 e. The van der Waals surface area contributed by atoms with Gasteiger partial charge in [-0.05, 0) is 37.4 Å². The topological polar surface area (TPSA) is 125 Å². The summed E-state index contributed by atoms with van der Waals surface area (Å²) in [6.07, 6.45) is -1.33. The number of phenolic OH excluding ortho intramolecular Hbond substituents is 1. The summed E-state index contributed by atoms with van der Waals surface area (Å²) in [7, 11) is 1.34. The van der Waals surface area contributed by atoms with E-state index in [0.29, 0.717) is 5.52 Å². The summed E-state index contributed by atoms with van der Waals surface area (Å²) in [5.74, 6) is -0.314.